The van der Waals surface area contributed by atoms with Crippen LogP contribution in [0.3, 0.4) is 0 Å². The van der Waals surface area contributed by atoms with Gasteiger partial charge in [0.25, 0.3) is 0 Å². The molecule has 3 atom stereocenters. The maximum atomic E-state index is 6.19. The first kappa shape index (κ1) is 15.0. The van der Waals surface area contributed by atoms with Crippen molar-refractivity contribution >= 4 is 10.9 Å². The number of rotatable bonds is 3. The Labute approximate surface area is 147 Å². The van der Waals surface area contributed by atoms with Crippen LogP contribution in [0.25, 0.3) is 22.0 Å². The molecule has 0 amide bonds. The summed E-state index contributed by atoms with van der Waals surface area (Å²) in [5.74, 6) is 0.750. The fourth-order valence-electron chi connectivity index (χ4n) is 4.48. The van der Waals surface area contributed by atoms with Crippen LogP contribution in [0, 0.1) is 0 Å². The van der Waals surface area contributed by atoms with Crippen molar-refractivity contribution in [2.24, 2.45) is 0 Å². The molecule has 2 aromatic heterocycles. The van der Waals surface area contributed by atoms with Gasteiger partial charge in [0.1, 0.15) is 6.10 Å². The molecule has 0 radical (unpaired) electrons. The minimum absolute atomic E-state index is 0.309. The third-order valence-corrected chi connectivity index (χ3v) is 5.97. The molecule has 0 saturated carbocycles. The summed E-state index contributed by atoms with van der Waals surface area (Å²) in [6.45, 7) is 0. The topological polar surface area (TPSA) is 41.1 Å². The summed E-state index contributed by atoms with van der Waals surface area (Å²) in [7, 11) is 2.26. The van der Waals surface area contributed by atoms with E-state index >= 15 is 0 Å². The summed E-state index contributed by atoms with van der Waals surface area (Å²) >= 11 is 0. The van der Waals surface area contributed by atoms with Crippen LogP contribution in [-0.2, 0) is 0 Å². The van der Waals surface area contributed by atoms with Crippen molar-refractivity contribution in [2.45, 2.75) is 43.9 Å². The van der Waals surface area contributed by atoms with E-state index in [4.69, 9.17) is 4.74 Å². The van der Waals surface area contributed by atoms with E-state index in [2.05, 4.69) is 52.2 Å². The second kappa shape index (κ2) is 5.88. The van der Waals surface area contributed by atoms with Crippen LogP contribution in [-0.4, -0.2) is 40.1 Å². The van der Waals surface area contributed by atoms with Crippen LogP contribution in [0.4, 0.5) is 0 Å². The standard InChI is InChI=1S/C21H23N3O/c1-24-17-4-5-18(24)12-19(11-17)25-21-7-3-16(13-23-21)14-2-6-20-15(10-14)8-9-22-20/h2-3,6-10,13,17-19,22H,4-5,11-12H2,1H3/t17-,18+,19?. The van der Waals surface area contributed by atoms with E-state index in [0.717, 1.165) is 29.8 Å². The molecule has 2 fully saturated rings. The molecule has 1 N–H and O–H groups in total. The maximum Gasteiger partial charge on any atom is 0.213 e. The van der Waals surface area contributed by atoms with Gasteiger partial charge >= 0.3 is 0 Å². The molecular weight excluding hydrogens is 310 g/mol. The first-order valence-corrected chi connectivity index (χ1v) is 9.18. The molecule has 4 nitrogen and oxygen atoms in total. The number of benzene rings is 1. The van der Waals surface area contributed by atoms with E-state index in [-0.39, 0.29) is 0 Å². The predicted octanol–water partition coefficient (Wildman–Crippen LogP) is 4.23. The Kier molecular flexibility index (Phi) is 3.52. The lowest BCUT2D eigenvalue weighted by atomic mass is 10.0. The summed E-state index contributed by atoms with van der Waals surface area (Å²) in [6, 6.07) is 14.0. The van der Waals surface area contributed by atoms with E-state index in [1.807, 2.05) is 18.5 Å². The number of hydrogen-bond acceptors (Lipinski definition) is 3. The molecule has 4 heteroatoms. The minimum Gasteiger partial charge on any atom is -0.474 e. The maximum absolute atomic E-state index is 6.19. The lowest BCUT2D eigenvalue weighted by Crippen LogP contribution is -2.43. The van der Waals surface area contributed by atoms with Gasteiger partial charge in [0.05, 0.1) is 0 Å². The smallest absolute Gasteiger partial charge is 0.213 e. The highest BCUT2D eigenvalue weighted by atomic mass is 16.5. The molecule has 3 aromatic rings. The normalized spacial score (nSPS) is 26.2. The lowest BCUT2D eigenvalue weighted by Gasteiger charge is -2.36. The van der Waals surface area contributed by atoms with Crippen molar-refractivity contribution in [3.63, 3.8) is 0 Å². The molecule has 2 bridgehead atoms. The van der Waals surface area contributed by atoms with Gasteiger partial charge in [0, 0.05) is 41.6 Å². The Morgan fingerprint density at radius 1 is 1.04 bits per heavy atom. The van der Waals surface area contributed by atoms with E-state index in [1.54, 1.807) is 0 Å². The molecule has 2 saturated heterocycles. The van der Waals surface area contributed by atoms with Crippen LogP contribution in [0.15, 0.2) is 48.8 Å². The second-order valence-electron chi connectivity index (χ2n) is 7.43. The fraction of sp³-hybridized carbons (Fsp3) is 0.381. The molecule has 25 heavy (non-hydrogen) atoms. The van der Waals surface area contributed by atoms with Crippen molar-refractivity contribution in [1.29, 1.82) is 0 Å². The van der Waals surface area contributed by atoms with Crippen LogP contribution >= 0.6 is 0 Å². The van der Waals surface area contributed by atoms with E-state index in [9.17, 15) is 0 Å². The summed E-state index contributed by atoms with van der Waals surface area (Å²) in [4.78, 5) is 10.3. The van der Waals surface area contributed by atoms with Gasteiger partial charge in [-0.3, -0.25) is 0 Å². The molecule has 0 spiro atoms. The van der Waals surface area contributed by atoms with E-state index in [0.29, 0.717) is 18.2 Å². The average Bonchev–Trinajstić information content (AvgIpc) is 3.16. The Bertz CT molecular complexity index is 872. The Morgan fingerprint density at radius 2 is 1.84 bits per heavy atom. The second-order valence-corrected chi connectivity index (χ2v) is 7.43. The van der Waals surface area contributed by atoms with Crippen LogP contribution < -0.4 is 4.74 Å². The SMILES string of the molecule is CN1[C@@H]2CC[C@H]1CC(Oc1ccc(-c3ccc4[nH]ccc4c3)cn1)C2. The Morgan fingerprint density at radius 3 is 2.60 bits per heavy atom. The lowest BCUT2D eigenvalue weighted by molar-refractivity contribution is 0.0633. The highest BCUT2D eigenvalue weighted by molar-refractivity contribution is 5.84. The molecule has 2 aliphatic heterocycles. The van der Waals surface area contributed by atoms with Gasteiger partial charge < -0.3 is 14.6 Å². The number of piperidine rings is 1. The fourth-order valence-corrected chi connectivity index (χ4v) is 4.48. The van der Waals surface area contributed by atoms with E-state index in [1.165, 1.54) is 23.8 Å². The molecule has 1 unspecified atom stereocenters. The number of hydrogen-bond donors (Lipinski definition) is 1. The first-order chi connectivity index (χ1) is 12.3. The average molecular weight is 333 g/mol. The molecule has 4 heterocycles. The summed E-state index contributed by atoms with van der Waals surface area (Å²) < 4.78 is 6.19. The van der Waals surface area contributed by atoms with Gasteiger partial charge in [0.2, 0.25) is 5.88 Å². The largest absolute Gasteiger partial charge is 0.474 e. The Hall–Kier alpha value is -2.33. The number of nitrogens with one attached hydrogen (secondary N) is 1. The highest BCUT2D eigenvalue weighted by Crippen LogP contribution is 2.35. The van der Waals surface area contributed by atoms with Gasteiger partial charge in [-0.05, 0) is 67.9 Å². The molecule has 1 aromatic carbocycles. The molecule has 5 rings (SSSR count). The van der Waals surface area contributed by atoms with Crippen molar-refractivity contribution in [2.75, 3.05) is 7.05 Å². The summed E-state index contributed by atoms with van der Waals surface area (Å²) in [5.41, 5.74) is 3.47. The van der Waals surface area contributed by atoms with Crippen LogP contribution in [0.2, 0.25) is 0 Å². The van der Waals surface area contributed by atoms with Crippen molar-refractivity contribution in [3.05, 3.63) is 48.8 Å². The van der Waals surface area contributed by atoms with Crippen LogP contribution in [0.1, 0.15) is 25.7 Å². The quantitative estimate of drug-likeness (QED) is 0.780. The van der Waals surface area contributed by atoms with E-state index < -0.39 is 0 Å². The first-order valence-electron chi connectivity index (χ1n) is 9.18. The highest BCUT2D eigenvalue weighted by Gasteiger charge is 2.39. The molecule has 2 aliphatic rings. The molecular formula is C21H23N3O. The number of ether oxygens (including phenoxy) is 1. The monoisotopic (exact) mass is 333 g/mol. The van der Waals surface area contributed by atoms with Crippen molar-refractivity contribution < 1.29 is 4.74 Å². The third-order valence-electron chi connectivity index (χ3n) is 5.97. The number of aromatic amines is 1. The van der Waals surface area contributed by atoms with Gasteiger partial charge in [-0.1, -0.05) is 6.07 Å². The number of pyridine rings is 1. The Balaban J connectivity index is 1.31. The zero-order valence-electron chi connectivity index (χ0n) is 14.5. The number of H-pyrrole nitrogens is 1. The number of nitrogens with zero attached hydrogens (tertiary/aromatic N) is 2. The van der Waals surface area contributed by atoms with Crippen molar-refractivity contribution in [3.8, 4) is 17.0 Å². The van der Waals surface area contributed by atoms with Gasteiger partial charge in [0.15, 0.2) is 0 Å². The minimum atomic E-state index is 0.309. The number of aromatic nitrogens is 2. The van der Waals surface area contributed by atoms with Gasteiger partial charge in [-0.15, -0.1) is 0 Å². The zero-order valence-corrected chi connectivity index (χ0v) is 14.5. The molecule has 128 valence electrons. The third kappa shape index (κ3) is 2.71. The van der Waals surface area contributed by atoms with Crippen molar-refractivity contribution in [1.82, 2.24) is 14.9 Å². The summed E-state index contributed by atoms with van der Waals surface area (Å²) in [6.07, 6.45) is 9.08. The number of fused-ring (bicyclic) bond motifs is 3. The van der Waals surface area contributed by atoms with Gasteiger partial charge in [-0.25, -0.2) is 4.98 Å². The summed E-state index contributed by atoms with van der Waals surface area (Å²) in [5, 5.41) is 1.22. The van der Waals surface area contributed by atoms with Crippen LogP contribution in [0.5, 0.6) is 5.88 Å². The molecule has 0 aliphatic carbocycles. The zero-order chi connectivity index (χ0) is 16.8. The predicted molar refractivity (Wildman–Crippen MR) is 99.8 cm³/mol. The van der Waals surface area contributed by atoms with Gasteiger partial charge in [-0.2, -0.15) is 0 Å².